The first kappa shape index (κ1) is 14.0. The van der Waals surface area contributed by atoms with Gasteiger partial charge in [0.25, 0.3) is 0 Å². The molecule has 1 heterocycles. The molecule has 1 amide bonds. The van der Waals surface area contributed by atoms with Gasteiger partial charge in [-0.1, -0.05) is 12.1 Å². The summed E-state index contributed by atoms with van der Waals surface area (Å²) in [6.45, 7) is 3.05. The molecule has 1 aromatic carbocycles. The number of hydrogen-bond acceptors (Lipinski definition) is 2. The molecular formula is C15H20FNO2. The zero-order valence-electron chi connectivity index (χ0n) is 11.2. The van der Waals surface area contributed by atoms with E-state index in [1.54, 1.807) is 17.0 Å². The number of nitrogens with zero attached hydrogens (tertiary/aromatic N) is 1. The molecule has 0 aromatic heterocycles. The molecule has 0 aliphatic carbocycles. The molecule has 1 unspecified atom stereocenters. The van der Waals surface area contributed by atoms with E-state index in [1.807, 2.05) is 6.92 Å². The van der Waals surface area contributed by atoms with Crippen molar-refractivity contribution in [2.24, 2.45) is 0 Å². The molecule has 2 rings (SSSR count). The van der Waals surface area contributed by atoms with Crippen LogP contribution in [0.1, 0.15) is 31.7 Å². The van der Waals surface area contributed by atoms with Gasteiger partial charge in [-0.05, 0) is 43.9 Å². The molecule has 0 saturated carbocycles. The summed E-state index contributed by atoms with van der Waals surface area (Å²) in [6.07, 6.45) is 2.35. The summed E-state index contributed by atoms with van der Waals surface area (Å²) < 4.78 is 13.1. The maximum Gasteiger partial charge on any atom is 0.226 e. The van der Waals surface area contributed by atoms with E-state index in [4.69, 9.17) is 0 Å². The van der Waals surface area contributed by atoms with Crippen molar-refractivity contribution in [3.8, 4) is 0 Å². The Morgan fingerprint density at radius 3 is 2.95 bits per heavy atom. The number of carbonyl (C=O) groups excluding carboxylic acids is 1. The molecule has 1 aliphatic rings. The fourth-order valence-corrected chi connectivity index (χ4v) is 2.45. The lowest BCUT2D eigenvalue weighted by Gasteiger charge is -2.22. The van der Waals surface area contributed by atoms with Crippen molar-refractivity contribution in [1.82, 2.24) is 4.90 Å². The average molecular weight is 265 g/mol. The first-order valence-corrected chi connectivity index (χ1v) is 6.71. The Morgan fingerprint density at radius 1 is 1.42 bits per heavy atom. The van der Waals surface area contributed by atoms with Crippen molar-refractivity contribution in [2.75, 3.05) is 13.1 Å². The summed E-state index contributed by atoms with van der Waals surface area (Å²) in [6, 6.07) is 6.14. The predicted molar refractivity (Wildman–Crippen MR) is 71.2 cm³/mol. The number of hydrogen-bond donors (Lipinski definition) is 1. The van der Waals surface area contributed by atoms with Crippen molar-refractivity contribution >= 4 is 5.91 Å². The molecule has 1 atom stereocenters. The van der Waals surface area contributed by atoms with E-state index in [0.29, 0.717) is 25.1 Å². The third-order valence-electron chi connectivity index (χ3n) is 3.66. The Kier molecular flexibility index (Phi) is 4.20. The standard InChI is InChI=1S/C15H20FNO2/c1-15(19)6-3-8-17(9-7-15)14(18)11-12-4-2-5-13(16)10-12/h2,4-5,10,19H,3,6-9,11H2,1H3. The second-order valence-corrected chi connectivity index (χ2v) is 5.54. The highest BCUT2D eigenvalue weighted by Crippen LogP contribution is 2.21. The van der Waals surface area contributed by atoms with Crippen LogP contribution in [0.4, 0.5) is 4.39 Å². The molecule has 1 fully saturated rings. The lowest BCUT2D eigenvalue weighted by Crippen LogP contribution is -2.34. The summed E-state index contributed by atoms with van der Waals surface area (Å²) in [5.74, 6) is -0.313. The van der Waals surface area contributed by atoms with Crippen LogP contribution >= 0.6 is 0 Å². The van der Waals surface area contributed by atoms with Crippen molar-refractivity contribution < 1.29 is 14.3 Å². The first-order chi connectivity index (χ1) is 8.96. The lowest BCUT2D eigenvalue weighted by atomic mass is 9.98. The number of halogens is 1. The molecule has 4 heteroatoms. The quantitative estimate of drug-likeness (QED) is 0.890. The SMILES string of the molecule is CC1(O)CCCN(C(=O)Cc2cccc(F)c2)CC1. The van der Waals surface area contributed by atoms with E-state index in [9.17, 15) is 14.3 Å². The van der Waals surface area contributed by atoms with Crippen LogP contribution in [0.2, 0.25) is 0 Å². The van der Waals surface area contributed by atoms with Gasteiger partial charge in [-0.2, -0.15) is 0 Å². The Labute approximate surface area is 113 Å². The second kappa shape index (κ2) is 5.70. The van der Waals surface area contributed by atoms with Crippen LogP contribution in [-0.2, 0) is 11.2 Å². The third-order valence-corrected chi connectivity index (χ3v) is 3.66. The van der Waals surface area contributed by atoms with Gasteiger partial charge in [0.1, 0.15) is 5.82 Å². The molecule has 104 valence electrons. The van der Waals surface area contributed by atoms with E-state index in [0.717, 1.165) is 12.8 Å². The summed E-state index contributed by atoms with van der Waals surface area (Å²) >= 11 is 0. The second-order valence-electron chi connectivity index (χ2n) is 5.54. The monoisotopic (exact) mass is 265 g/mol. The van der Waals surface area contributed by atoms with Crippen LogP contribution in [-0.4, -0.2) is 34.6 Å². The van der Waals surface area contributed by atoms with Gasteiger partial charge in [-0.15, -0.1) is 0 Å². The van der Waals surface area contributed by atoms with Gasteiger partial charge in [0.2, 0.25) is 5.91 Å². The van der Waals surface area contributed by atoms with Crippen LogP contribution in [0.25, 0.3) is 0 Å². The molecule has 1 N–H and O–H groups in total. The molecule has 0 spiro atoms. The molecule has 0 bridgehead atoms. The molecule has 3 nitrogen and oxygen atoms in total. The van der Waals surface area contributed by atoms with Gasteiger partial charge < -0.3 is 10.0 Å². The average Bonchev–Trinajstić information content (AvgIpc) is 2.50. The zero-order valence-corrected chi connectivity index (χ0v) is 11.2. The van der Waals surface area contributed by atoms with Gasteiger partial charge >= 0.3 is 0 Å². The van der Waals surface area contributed by atoms with Gasteiger partial charge in [0, 0.05) is 13.1 Å². The lowest BCUT2D eigenvalue weighted by molar-refractivity contribution is -0.130. The highest BCUT2D eigenvalue weighted by molar-refractivity contribution is 5.78. The number of likely N-dealkylation sites (tertiary alicyclic amines) is 1. The summed E-state index contributed by atoms with van der Waals surface area (Å²) in [5.41, 5.74) is 0.0226. The minimum Gasteiger partial charge on any atom is -0.390 e. The molecule has 1 aromatic rings. The van der Waals surface area contributed by atoms with E-state index in [2.05, 4.69) is 0 Å². The van der Waals surface area contributed by atoms with E-state index in [-0.39, 0.29) is 18.1 Å². The zero-order chi connectivity index (χ0) is 13.9. The van der Waals surface area contributed by atoms with Gasteiger partial charge in [0.05, 0.1) is 12.0 Å². The minimum absolute atomic E-state index is 0.00306. The number of rotatable bonds is 2. The van der Waals surface area contributed by atoms with Crippen molar-refractivity contribution in [3.63, 3.8) is 0 Å². The fourth-order valence-electron chi connectivity index (χ4n) is 2.45. The van der Waals surface area contributed by atoms with Gasteiger partial charge in [-0.3, -0.25) is 4.79 Å². The van der Waals surface area contributed by atoms with Crippen LogP contribution in [0.15, 0.2) is 24.3 Å². The maximum absolute atomic E-state index is 13.1. The van der Waals surface area contributed by atoms with Gasteiger partial charge in [0.15, 0.2) is 0 Å². The Balaban J connectivity index is 1.96. The molecule has 1 saturated heterocycles. The molecule has 0 radical (unpaired) electrons. The van der Waals surface area contributed by atoms with Crippen molar-refractivity contribution in [1.29, 1.82) is 0 Å². The van der Waals surface area contributed by atoms with E-state index in [1.165, 1.54) is 12.1 Å². The summed E-state index contributed by atoms with van der Waals surface area (Å²) in [7, 11) is 0. The highest BCUT2D eigenvalue weighted by Gasteiger charge is 2.26. The number of carbonyl (C=O) groups is 1. The van der Waals surface area contributed by atoms with Crippen molar-refractivity contribution in [3.05, 3.63) is 35.6 Å². The fraction of sp³-hybridized carbons (Fsp3) is 0.533. The van der Waals surface area contributed by atoms with E-state index >= 15 is 0 Å². The Hall–Kier alpha value is -1.42. The van der Waals surface area contributed by atoms with Crippen LogP contribution in [0.3, 0.4) is 0 Å². The van der Waals surface area contributed by atoms with Gasteiger partial charge in [-0.25, -0.2) is 4.39 Å². The highest BCUT2D eigenvalue weighted by atomic mass is 19.1. The molecule has 19 heavy (non-hydrogen) atoms. The smallest absolute Gasteiger partial charge is 0.226 e. The van der Waals surface area contributed by atoms with Crippen LogP contribution in [0.5, 0.6) is 0 Å². The molecule has 1 aliphatic heterocycles. The maximum atomic E-state index is 13.1. The van der Waals surface area contributed by atoms with E-state index < -0.39 is 5.60 Å². The van der Waals surface area contributed by atoms with Crippen LogP contribution < -0.4 is 0 Å². The number of aliphatic hydroxyl groups is 1. The predicted octanol–water partition coefficient (Wildman–Crippen LogP) is 2.13. The van der Waals surface area contributed by atoms with Crippen LogP contribution in [0, 0.1) is 5.82 Å². The van der Waals surface area contributed by atoms with Crippen molar-refractivity contribution in [2.45, 2.75) is 38.2 Å². The minimum atomic E-state index is -0.673. The topological polar surface area (TPSA) is 40.5 Å². The molecular weight excluding hydrogens is 245 g/mol. The summed E-state index contributed by atoms with van der Waals surface area (Å²) in [4.78, 5) is 13.9. The first-order valence-electron chi connectivity index (χ1n) is 6.71. The largest absolute Gasteiger partial charge is 0.390 e. The third kappa shape index (κ3) is 4.03. The normalized spacial score (nSPS) is 24.1. The number of amides is 1. The summed E-state index contributed by atoms with van der Waals surface area (Å²) in [5, 5.41) is 9.99. The Bertz CT molecular complexity index is 459. The number of benzene rings is 1. The Morgan fingerprint density at radius 2 is 2.21 bits per heavy atom.